The van der Waals surface area contributed by atoms with Crippen LogP contribution >= 0.6 is 0 Å². The van der Waals surface area contributed by atoms with E-state index in [1.165, 1.54) is 49.4 Å². The average molecular weight is 702 g/mol. The molecule has 224 valence electrons. The van der Waals surface area contributed by atoms with Crippen molar-refractivity contribution in [3.05, 3.63) is 89.5 Å². The lowest BCUT2D eigenvalue weighted by atomic mass is 10.2. The minimum Gasteiger partial charge on any atom is -0.544 e. The molecule has 43 heavy (non-hydrogen) atoms. The molecule has 0 saturated carbocycles. The molecule has 1 aliphatic heterocycles. The van der Waals surface area contributed by atoms with Crippen LogP contribution in [0.25, 0.3) is 0 Å². The van der Waals surface area contributed by atoms with Gasteiger partial charge in [0.15, 0.2) is 0 Å². The first-order valence-electron chi connectivity index (χ1n) is 11.6. The highest BCUT2D eigenvalue weighted by Gasteiger charge is 2.60. The number of carboxylic acid groups (broad SMARTS) is 2. The minimum absolute atomic E-state index is 0.263. The van der Waals surface area contributed by atoms with Gasteiger partial charge in [0.2, 0.25) is 0 Å². The third kappa shape index (κ3) is 8.10. The van der Waals surface area contributed by atoms with Gasteiger partial charge in [0.25, 0.3) is 30.4 Å². The summed E-state index contributed by atoms with van der Waals surface area (Å²) in [6.45, 7) is 1.46. The van der Waals surface area contributed by atoms with Crippen molar-refractivity contribution in [2.75, 3.05) is 0 Å². The van der Waals surface area contributed by atoms with E-state index in [0.717, 1.165) is 24.3 Å². The second-order valence-corrected chi connectivity index (χ2v) is 19.6. The maximum atomic E-state index is 13.0. The smallest absolute Gasteiger partial charge is 0.544 e. The summed E-state index contributed by atoms with van der Waals surface area (Å²) in [5, 5.41) is 18.8. The molecule has 2 N–H and O–H groups in total. The summed E-state index contributed by atoms with van der Waals surface area (Å²) in [7, 11) is -14.6. The van der Waals surface area contributed by atoms with E-state index in [1.807, 2.05) is 0 Å². The molecule has 0 spiro atoms. The van der Waals surface area contributed by atoms with Crippen molar-refractivity contribution in [1.29, 1.82) is 0 Å². The molecule has 0 radical (unpaired) electrons. The van der Waals surface area contributed by atoms with E-state index < -0.39 is 109 Å². The number of hydrogen-bond donors (Lipinski definition) is 2. The van der Waals surface area contributed by atoms with E-state index in [4.69, 9.17) is 18.2 Å². The predicted molar refractivity (Wildman–Crippen MR) is 143 cm³/mol. The number of rotatable bonds is 11. The number of carboxylic acids is 2. The monoisotopic (exact) mass is 702 g/mol. The van der Waals surface area contributed by atoms with E-state index in [9.17, 15) is 45.1 Å². The zero-order valence-electron chi connectivity index (χ0n) is 21.5. The third-order valence-electron chi connectivity index (χ3n) is 5.42. The first-order chi connectivity index (χ1) is 20.1. The van der Waals surface area contributed by atoms with Crippen LogP contribution in [0.2, 0.25) is 0 Å². The lowest BCUT2D eigenvalue weighted by molar-refractivity contribution is 0.0682. The molecule has 0 aromatic heterocycles. The summed E-state index contributed by atoms with van der Waals surface area (Å²) in [5.41, 5.74) is -1.08. The largest absolute Gasteiger partial charge is 0.865 e. The number of aromatic carboxylic acids is 2. The molecule has 0 aliphatic carbocycles. The van der Waals surface area contributed by atoms with Gasteiger partial charge < -0.3 is 28.4 Å². The molecule has 0 unspecified atom stereocenters. The minimum atomic E-state index is -4.97. The number of benzene rings is 3. The highest BCUT2D eigenvalue weighted by Crippen LogP contribution is 2.26. The first-order valence-corrected chi connectivity index (χ1v) is 20.0. The molecule has 1 aliphatic rings. The Balaban J connectivity index is 1.67. The molecule has 4 rings (SSSR count). The van der Waals surface area contributed by atoms with Crippen LogP contribution in [0.5, 0.6) is 0 Å². The molecule has 22 heteroatoms. The van der Waals surface area contributed by atoms with E-state index in [2.05, 4.69) is 0 Å². The van der Waals surface area contributed by atoms with Crippen molar-refractivity contribution in [3.63, 3.8) is 0 Å². The van der Waals surface area contributed by atoms with Crippen molar-refractivity contribution >= 4 is 87.7 Å². The summed E-state index contributed by atoms with van der Waals surface area (Å²) in [5.74, 6) is -3.23. The fraction of sp³-hybridized carbons (Fsp3) is 0.0476. The summed E-state index contributed by atoms with van der Waals surface area (Å²) >= 11 is -12.4. The Bertz CT molecular complexity index is 1780. The van der Waals surface area contributed by atoms with E-state index in [-0.39, 0.29) is 10.5 Å². The van der Waals surface area contributed by atoms with Crippen LogP contribution in [-0.2, 0) is 48.6 Å². The van der Waals surface area contributed by atoms with Gasteiger partial charge in [-0.1, -0.05) is 42.5 Å². The Morgan fingerprint density at radius 3 is 1.21 bits per heavy atom. The Kier molecular flexibility index (Phi) is 10.5. The molecule has 3 aromatic rings. The quantitative estimate of drug-likeness (QED) is 0.265. The van der Waals surface area contributed by atoms with Gasteiger partial charge in [-0.3, -0.25) is 0 Å². The molecule has 1 heterocycles. The predicted octanol–water partition coefficient (Wildman–Crippen LogP) is 0.926. The van der Waals surface area contributed by atoms with Crippen molar-refractivity contribution in [2.45, 2.75) is 21.6 Å². The normalized spacial score (nSPS) is 14.5. The second-order valence-electron chi connectivity index (χ2n) is 8.29. The fourth-order valence-electron chi connectivity index (χ4n) is 3.53. The topological polar surface area (TPSA) is 232 Å². The second kappa shape index (κ2) is 13.4. The van der Waals surface area contributed by atoms with E-state index >= 15 is 0 Å². The van der Waals surface area contributed by atoms with Crippen molar-refractivity contribution in [1.82, 2.24) is 0 Å². The highest BCUT2D eigenvalue weighted by molar-refractivity contribution is 7.88. The molecule has 1 fully saturated rings. The maximum absolute atomic E-state index is 13.0. The summed E-state index contributed by atoms with van der Waals surface area (Å²) in [4.78, 5) is 21.2. The van der Waals surface area contributed by atoms with Gasteiger partial charge in [0, 0.05) is 0 Å². The van der Waals surface area contributed by atoms with Crippen molar-refractivity contribution in [2.24, 2.45) is 0 Å². The Morgan fingerprint density at radius 1 is 0.558 bits per heavy atom. The summed E-state index contributed by atoms with van der Waals surface area (Å²) in [6, 6.07) is 14.3. The van der Waals surface area contributed by atoms with Crippen LogP contribution in [0.15, 0.2) is 87.5 Å². The van der Waals surface area contributed by atoms with Gasteiger partial charge >= 0.3 is 57.4 Å². The lowest BCUT2D eigenvalue weighted by Crippen LogP contribution is -2.54. The van der Waals surface area contributed by atoms with E-state index in [0.29, 0.717) is 0 Å². The Hall–Kier alpha value is -2.19. The third-order valence-corrected chi connectivity index (χ3v) is 18.5. The van der Waals surface area contributed by atoms with Crippen LogP contribution < -0.4 is 0 Å². The molecule has 0 bridgehead atoms. The Labute approximate surface area is 260 Å². The van der Waals surface area contributed by atoms with Crippen LogP contribution in [0.4, 0.5) is 0 Å². The first kappa shape index (κ1) is 33.7. The average Bonchev–Trinajstić information content (AvgIpc) is 2.92. The van der Waals surface area contributed by atoms with Crippen LogP contribution in [0.1, 0.15) is 26.3 Å². The highest BCUT2D eigenvalue weighted by atomic mass is 32.2. The van der Waals surface area contributed by atoms with Gasteiger partial charge in [-0.15, -0.1) is 0 Å². The zero-order chi connectivity index (χ0) is 31.6. The van der Waals surface area contributed by atoms with Crippen LogP contribution in [-0.4, -0.2) is 92.9 Å². The lowest BCUT2D eigenvalue weighted by Gasteiger charge is -2.27. The maximum Gasteiger partial charge on any atom is 0.865 e. The standard InChI is InChI=1S/2C7H6O5S.C7H8O3S.3Al.3O/c2*8-7(9)5-3-1-2-4-6(5)13(10,11)12;1-6-4-2-3-5-7(6)11(8,9)10;;;;;;/h2*1-4H,(H,8,9)(H,10,11,12);2-5H,1H3,(H,8,9,10);;;;;;/q;;;3*+1;;;/p-3. The molecule has 16 nitrogen and oxygen atoms in total. The SMILES string of the molecule is Cc1ccccc1S(=O)(=O)[O][Al]1[O][Al]([O]S(=O)(=O)c2ccccc2C(=O)O)[O][Al]([O]S(=O)(=O)c2ccccc2C(=O)O)[O]1. The van der Waals surface area contributed by atoms with Crippen molar-refractivity contribution < 1.29 is 63.3 Å². The van der Waals surface area contributed by atoms with E-state index in [1.54, 1.807) is 6.07 Å². The summed E-state index contributed by atoms with van der Waals surface area (Å²) < 4.78 is 109. The molecule has 3 aromatic carbocycles. The van der Waals surface area contributed by atoms with Gasteiger partial charge in [0.05, 0.1) is 16.0 Å². The molecular weight excluding hydrogens is 685 g/mol. The van der Waals surface area contributed by atoms with Gasteiger partial charge in [-0.2, -0.15) is 25.3 Å². The molecular formula is C21H17Al3O16S3. The molecule has 1 saturated heterocycles. The van der Waals surface area contributed by atoms with Crippen molar-refractivity contribution in [3.8, 4) is 0 Å². The number of hydrogen-bond acceptors (Lipinski definition) is 14. The van der Waals surface area contributed by atoms with Gasteiger partial charge in [-0.05, 0) is 42.8 Å². The molecule has 0 amide bonds. The summed E-state index contributed by atoms with van der Waals surface area (Å²) in [6.07, 6.45) is 0. The number of aryl methyl sites for hydroxylation is 1. The molecule has 0 atom stereocenters. The Morgan fingerprint density at radius 2 is 0.860 bits per heavy atom. The fourth-order valence-corrected chi connectivity index (χ4v) is 17.5. The van der Waals surface area contributed by atoms with Crippen LogP contribution in [0.3, 0.4) is 0 Å². The van der Waals surface area contributed by atoms with Gasteiger partial charge in [0.1, 0.15) is 9.79 Å². The number of carbonyl (C=O) groups is 2. The zero-order valence-corrected chi connectivity index (χ0v) is 27.4. The van der Waals surface area contributed by atoms with Gasteiger partial charge in [-0.25, -0.2) is 9.59 Å². The van der Waals surface area contributed by atoms with Crippen LogP contribution in [0, 0.1) is 6.92 Å².